The van der Waals surface area contributed by atoms with Crippen LogP contribution < -0.4 is 10.5 Å². The van der Waals surface area contributed by atoms with Crippen LogP contribution in [0, 0.1) is 5.82 Å². The van der Waals surface area contributed by atoms with Gasteiger partial charge in [0.15, 0.2) is 0 Å². The van der Waals surface area contributed by atoms with Crippen molar-refractivity contribution in [3.63, 3.8) is 0 Å². The minimum absolute atomic E-state index is 0.317. The number of benzene rings is 2. The second-order valence-electron chi connectivity index (χ2n) is 3.70. The topological polar surface area (TPSA) is 35.2 Å². The third-order valence-corrected chi connectivity index (χ3v) is 3.36. The lowest BCUT2D eigenvalue weighted by atomic mass is 10.2. The summed E-state index contributed by atoms with van der Waals surface area (Å²) in [5.74, 6) is 0.834. The second-order valence-corrected chi connectivity index (χ2v) is 4.55. The highest BCUT2D eigenvalue weighted by molar-refractivity contribution is 7.98. The van der Waals surface area contributed by atoms with Crippen molar-refractivity contribution in [2.45, 2.75) is 11.4 Å². The van der Waals surface area contributed by atoms with Gasteiger partial charge >= 0.3 is 0 Å². The molecule has 0 aliphatic heterocycles. The first-order valence-corrected chi connectivity index (χ1v) is 6.76. The van der Waals surface area contributed by atoms with Crippen molar-refractivity contribution in [1.82, 2.24) is 0 Å². The van der Waals surface area contributed by atoms with Gasteiger partial charge in [-0.3, -0.25) is 0 Å². The summed E-state index contributed by atoms with van der Waals surface area (Å²) in [4.78, 5) is 1.08. The molecule has 18 heavy (non-hydrogen) atoms. The standard InChI is InChI=1S/C14H14FNOS/c1-18-14-7-3-6-13(12(14)9-16)17-11-5-2-4-10(15)8-11/h2-8H,9,16H2,1H3. The van der Waals surface area contributed by atoms with Gasteiger partial charge in [-0.2, -0.15) is 0 Å². The molecule has 0 aliphatic rings. The quantitative estimate of drug-likeness (QED) is 0.852. The van der Waals surface area contributed by atoms with Crippen LogP contribution in [0.2, 0.25) is 0 Å². The van der Waals surface area contributed by atoms with Crippen LogP contribution in [0.15, 0.2) is 47.4 Å². The van der Waals surface area contributed by atoms with E-state index in [1.54, 1.807) is 23.9 Å². The van der Waals surface area contributed by atoms with Gasteiger partial charge in [-0.25, -0.2) is 4.39 Å². The average molecular weight is 263 g/mol. The fourth-order valence-corrected chi connectivity index (χ4v) is 2.34. The number of hydrogen-bond acceptors (Lipinski definition) is 3. The summed E-state index contributed by atoms with van der Waals surface area (Å²) in [6.45, 7) is 0.391. The third-order valence-electron chi connectivity index (χ3n) is 2.54. The molecule has 0 heterocycles. The van der Waals surface area contributed by atoms with Crippen molar-refractivity contribution >= 4 is 11.8 Å². The summed E-state index contributed by atoms with van der Waals surface area (Å²) >= 11 is 1.61. The van der Waals surface area contributed by atoms with Crippen LogP contribution in [0.25, 0.3) is 0 Å². The van der Waals surface area contributed by atoms with Crippen LogP contribution in [0.5, 0.6) is 11.5 Å². The molecule has 2 aromatic carbocycles. The molecule has 2 aromatic rings. The van der Waals surface area contributed by atoms with E-state index >= 15 is 0 Å². The van der Waals surface area contributed by atoms with E-state index < -0.39 is 0 Å². The molecular weight excluding hydrogens is 249 g/mol. The molecule has 2 rings (SSSR count). The molecule has 0 atom stereocenters. The van der Waals surface area contributed by atoms with Gasteiger partial charge in [0, 0.05) is 23.1 Å². The molecule has 0 bridgehead atoms. The Morgan fingerprint density at radius 1 is 1.22 bits per heavy atom. The molecule has 0 spiro atoms. The summed E-state index contributed by atoms with van der Waals surface area (Å²) in [6, 6.07) is 11.8. The van der Waals surface area contributed by atoms with Crippen molar-refractivity contribution < 1.29 is 9.13 Å². The van der Waals surface area contributed by atoms with Crippen LogP contribution >= 0.6 is 11.8 Å². The van der Waals surface area contributed by atoms with E-state index in [2.05, 4.69) is 0 Å². The van der Waals surface area contributed by atoms with Gasteiger partial charge in [0.1, 0.15) is 17.3 Å². The first-order chi connectivity index (χ1) is 8.74. The third kappa shape index (κ3) is 2.83. The van der Waals surface area contributed by atoms with E-state index in [9.17, 15) is 4.39 Å². The fourth-order valence-electron chi connectivity index (χ4n) is 1.69. The Morgan fingerprint density at radius 3 is 2.67 bits per heavy atom. The lowest BCUT2D eigenvalue weighted by Gasteiger charge is -2.12. The van der Waals surface area contributed by atoms with Crippen molar-refractivity contribution in [3.05, 3.63) is 53.8 Å². The zero-order valence-electron chi connectivity index (χ0n) is 10.0. The maximum atomic E-state index is 13.1. The summed E-state index contributed by atoms with van der Waals surface area (Å²) in [6.07, 6.45) is 1.99. The van der Waals surface area contributed by atoms with Crippen LogP contribution in [0.4, 0.5) is 4.39 Å². The summed E-state index contributed by atoms with van der Waals surface area (Å²) < 4.78 is 18.8. The number of ether oxygens (including phenoxy) is 1. The van der Waals surface area contributed by atoms with E-state index in [4.69, 9.17) is 10.5 Å². The molecule has 2 N–H and O–H groups in total. The Morgan fingerprint density at radius 2 is 2.00 bits per heavy atom. The molecule has 0 saturated heterocycles. The van der Waals surface area contributed by atoms with Gasteiger partial charge in [-0.1, -0.05) is 12.1 Å². The first kappa shape index (κ1) is 12.9. The molecule has 0 fully saturated rings. The molecule has 94 valence electrons. The minimum Gasteiger partial charge on any atom is -0.457 e. The normalized spacial score (nSPS) is 10.4. The Kier molecular flexibility index (Phi) is 4.23. The lowest BCUT2D eigenvalue weighted by molar-refractivity contribution is 0.469. The second kappa shape index (κ2) is 5.89. The molecular formula is C14H14FNOS. The number of halogens is 1. The summed E-state index contributed by atoms with van der Waals surface area (Å²) in [7, 11) is 0. The van der Waals surface area contributed by atoms with Gasteiger partial charge in [-0.15, -0.1) is 11.8 Å². The molecule has 0 radical (unpaired) electrons. The molecule has 0 saturated carbocycles. The molecule has 2 nitrogen and oxygen atoms in total. The van der Waals surface area contributed by atoms with E-state index in [-0.39, 0.29) is 5.82 Å². The Hall–Kier alpha value is -1.52. The lowest BCUT2D eigenvalue weighted by Crippen LogP contribution is -2.01. The average Bonchev–Trinajstić information content (AvgIpc) is 2.38. The van der Waals surface area contributed by atoms with Gasteiger partial charge < -0.3 is 10.5 Å². The number of hydrogen-bond donors (Lipinski definition) is 1. The predicted molar refractivity (Wildman–Crippen MR) is 72.6 cm³/mol. The maximum Gasteiger partial charge on any atom is 0.133 e. The largest absolute Gasteiger partial charge is 0.457 e. The fraction of sp³-hybridized carbons (Fsp3) is 0.143. The van der Waals surface area contributed by atoms with Crippen LogP contribution in [-0.2, 0) is 6.54 Å². The van der Waals surface area contributed by atoms with Gasteiger partial charge in [-0.05, 0) is 30.5 Å². The smallest absolute Gasteiger partial charge is 0.133 e. The number of nitrogens with two attached hydrogens (primary N) is 1. The monoisotopic (exact) mass is 263 g/mol. The Bertz CT molecular complexity index is 545. The highest BCUT2D eigenvalue weighted by atomic mass is 32.2. The number of rotatable bonds is 4. The van der Waals surface area contributed by atoms with Crippen molar-refractivity contribution in [3.8, 4) is 11.5 Å². The van der Waals surface area contributed by atoms with Crippen molar-refractivity contribution in [1.29, 1.82) is 0 Å². The molecule has 0 amide bonds. The van der Waals surface area contributed by atoms with Gasteiger partial charge in [0.25, 0.3) is 0 Å². The number of thioether (sulfide) groups is 1. The van der Waals surface area contributed by atoms with E-state index in [0.29, 0.717) is 18.0 Å². The van der Waals surface area contributed by atoms with Gasteiger partial charge in [0.2, 0.25) is 0 Å². The molecule has 0 aromatic heterocycles. The van der Waals surface area contributed by atoms with E-state index in [1.165, 1.54) is 12.1 Å². The zero-order chi connectivity index (χ0) is 13.0. The van der Waals surface area contributed by atoms with Crippen LogP contribution in [0.3, 0.4) is 0 Å². The molecule has 0 aliphatic carbocycles. The van der Waals surface area contributed by atoms with E-state index in [1.807, 2.05) is 24.5 Å². The molecule has 0 unspecified atom stereocenters. The zero-order valence-corrected chi connectivity index (χ0v) is 10.8. The van der Waals surface area contributed by atoms with Crippen molar-refractivity contribution in [2.24, 2.45) is 5.73 Å². The Labute approximate surface area is 110 Å². The summed E-state index contributed by atoms with van der Waals surface area (Å²) in [5.41, 5.74) is 6.68. The van der Waals surface area contributed by atoms with Crippen molar-refractivity contribution in [2.75, 3.05) is 6.26 Å². The predicted octanol–water partition coefficient (Wildman–Crippen LogP) is 3.80. The highest BCUT2D eigenvalue weighted by Crippen LogP contribution is 2.31. The SMILES string of the molecule is CSc1cccc(Oc2cccc(F)c2)c1CN. The first-order valence-electron chi connectivity index (χ1n) is 5.54. The van der Waals surface area contributed by atoms with Gasteiger partial charge in [0.05, 0.1) is 0 Å². The Balaban J connectivity index is 2.34. The highest BCUT2D eigenvalue weighted by Gasteiger charge is 2.08. The summed E-state index contributed by atoms with van der Waals surface area (Å²) in [5, 5.41) is 0. The van der Waals surface area contributed by atoms with Crippen LogP contribution in [-0.4, -0.2) is 6.26 Å². The van der Waals surface area contributed by atoms with Crippen LogP contribution in [0.1, 0.15) is 5.56 Å². The van der Waals surface area contributed by atoms with E-state index in [0.717, 1.165) is 10.5 Å². The molecule has 4 heteroatoms. The minimum atomic E-state index is -0.317. The maximum absolute atomic E-state index is 13.1.